The van der Waals surface area contributed by atoms with Gasteiger partial charge in [0.1, 0.15) is 18.0 Å². The van der Waals surface area contributed by atoms with Gasteiger partial charge in [-0.2, -0.15) is 0 Å². The van der Waals surface area contributed by atoms with E-state index in [-0.39, 0.29) is 42.4 Å². The fourth-order valence-electron chi connectivity index (χ4n) is 6.57. The predicted molar refractivity (Wildman–Crippen MR) is 193 cm³/mol. The van der Waals surface area contributed by atoms with Crippen LogP contribution in [-0.2, 0) is 23.7 Å². The third-order valence-electron chi connectivity index (χ3n) is 10.4. The first-order valence-corrected chi connectivity index (χ1v) is 18.3. The van der Waals surface area contributed by atoms with E-state index in [2.05, 4.69) is 11.4 Å². The Kier molecular flexibility index (Phi) is 17.8. The number of methoxy groups -OCH3 is 1. The zero-order valence-electron chi connectivity index (χ0n) is 32.2. The second-order valence-electron chi connectivity index (χ2n) is 14.8. The Morgan fingerprint density at radius 1 is 1.06 bits per heavy atom. The number of rotatable bonds is 17. The van der Waals surface area contributed by atoms with E-state index in [0.29, 0.717) is 25.0 Å². The van der Waals surface area contributed by atoms with Gasteiger partial charge < -0.3 is 49.8 Å². The van der Waals surface area contributed by atoms with E-state index in [1.807, 2.05) is 72.8 Å². The summed E-state index contributed by atoms with van der Waals surface area (Å²) in [5.41, 5.74) is 1.77. The summed E-state index contributed by atoms with van der Waals surface area (Å²) in [6.07, 6.45) is 6.51. The number of nitrogens with one attached hydrogen (secondary N) is 1. The van der Waals surface area contributed by atoms with Crippen molar-refractivity contribution in [3.63, 3.8) is 0 Å². The van der Waals surface area contributed by atoms with E-state index < -0.39 is 60.8 Å². The molecule has 0 aromatic rings. The molecule has 0 unspecified atom stereocenters. The molecule has 2 saturated heterocycles. The summed E-state index contributed by atoms with van der Waals surface area (Å²) in [6, 6.07) is -0.542. The van der Waals surface area contributed by atoms with Crippen LogP contribution in [0.25, 0.3) is 0 Å². The highest BCUT2D eigenvalue weighted by molar-refractivity contribution is 5.73. The third-order valence-corrected chi connectivity index (χ3v) is 10.4. The molecule has 1 amide bonds. The summed E-state index contributed by atoms with van der Waals surface area (Å²) in [7, 11) is 1.54. The molecule has 0 radical (unpaired) electrons. The van der Waals surface area contributed by atoms with E-state index in [4.69, 9.17) is 18.9 Å². The lowest BCUT2D eigenvalue weighted by atomic mass is 9.85. The molecule has 2 aliphatic heterocycles. The van der Waals surface area contributed by atoms with Crippen LogP contribution in [0.3, 0.4) is 0 Å². The first-order chi connectivity index (χ1) is 23.3. The van der Waals surface area contributed by atoms with Gasteiger partial charge in [0.05, 0.1) is 43.7 Å². The topological polar surface area (TPSA) is 167 Å². The van der Waals surface area contributed by atoms with Gasteiger partial charge in [0, 0.05) is 31.6 Å². The smallest absolute Gasteiger partial charge is 0.217 e. The maximum Gasteiger partial charge on any atom is 0.217 e. The van der Waals surface area contributed by atoms with E-state index in [0.717, 1.165) is 11.1 Å². The van der Waals surface area contributed by atoms with Crippen LogP contribution < -0.4 is 5.32 Å². The fraction of sp³-hybridized carbons (Fsp3) is 0.769. The summed E-state index contributed by atoms with van der Waals surface area (Å²) in [6.45, 7) is 18.4. The minimum absolute atomic E-state index is 0.0161. The van der Waals surface area contributed by atoms with Crippen LogP contribution in [0.2, 0.25) is 0 Å². The van der Waals surface area contributed by atoms with Crippen LogP contribution in [0.15, 0.2) is 47.3 Å². The van der Waals surface area contributed by atoms with Gasteiger partial charge in [0.2, 0.25) is 5.91 Å². The standard InChI is InChI=1S/C39H67NO10/c1-12-39(46)21-32(43)27(7)38(50-39)33(47-11)19-26(6)37(49-34-20-31(40-30(10)42)36(45)29(9)48-34)25(5)18-14-17-24(4)35(44)23(3)16-13-15-22(2)28(8)41/h13,15-16,18-19,22,24,26-29,31-32,34-38,41,43-46H,12,14,17,20-21H2,1-11H3,(H,40,42)/b15-13+,23-16+,25-18+,33-19-/t22-,24+,26+,27+,28-,29-,31-,32+,34+,35+,36-,37+,38+,39+/m1/s1. The molecule has 2 aliphatic rings. The number of carbonyl (C=O) groups excluding carboxylic acids is 1. The van der Waals surface area contributed by atoms with Crippen LogP contribution in [-0.4, -0.2) is 99.4 Å². The van der Waals surface area contributed by atoms with Crippen molar-refractivity contribution in [2.45, 2.75) is 162 Å². The Balaban J connectivity index is 2.34. The summed E-state index contributed by atoms with van der Waals surface area (Å²) >= 11 is 0. The molecule has 288 valence electrons. The Hall–Kier alpha value is -2.09. The molecule has 0 aromatic carbocycles. The molecular weight excluding hydrogens is 642 g/mol. The molecular formula is C39H67NO10. The van der Waals surface area contributed by atoms with Crippen LogP contribution in [0.4, 0.5) is 0 Å². The van der Waals surface area contributed by atoms with Gasteiger partial charge in [0.15, 0.2) is 12.1 Å². The van der Waals surface area contributed by atoms with E-state index in [1.54, 1.807) is 13.8 Å². The highest BCUT2D eigenvalue weighted by atomic mass is 16.7. The molecule has 14 atom stereocenters. The Bertz CT molecular complexity index is 1180. The summed E-state index contributed by atoms with van der Waals surface area (Å²) in [5.74, 6) is -1.89. The zero-order valence-corrected chi connectivity index (χ0v) is 32.2. The average molecular weight is 710 g/mol. The molecule has 0 spiro atoms. The third kappa shape index (κ3) is 12.8. The second-order valence-corrected chi connectivity index (χ2v) is 14.8. The van der Waals surface area contributed by atoms with Gasteiger partial charge in [-0.25, -0.2) is 0 Å². The summed E-state index contributed by atoms with van der Waals surface area (Å²) < 4.78 is 24.6. The van der Waals surface area contributed by atoms with E-state index >= 15 is 0 Å². The van der Waals surface area contributed by atoms with Gasteiger partial charge in [-0.3, -0.25) is 4.79 Å². The van der Waals surface area contributed by atoms with Crippen molar-refractivity contribution in [2.75, 3.05) is 7.11 Å². The highest BCUT2D eigenvalue weighted by Gasteiger charge is 2.45. The van der Waals surface area contributed by atoms with Crippen LogP contribution in [0, 0.1) is 23.7 Å². The first kappa shape index (κ1) is 44.1. The van der Waals surface area contributed by atoms with Crippen molar-refractivity contribution in [1.29, 1.82) is 0 Å². The van der Waals surface area contributed by atoms with Crippen molar-refractivity contribution < 1.29 is 49.3 Å². The van der Waals surface area contributed by atoms with Crippen LogP contribution in [0.5, 0.6) is 0 Å². The number of hydrogen-bond acceptors (Lipinski definition) is 10. The predicted octanol–water partition coefficient (Wildman–Crippen LogP) is 4.67. The molecule has 11 heteroatoms. The van der Waals surface area contributed by atoms with E-state index in [9.17, 15) is 30.3 Å². The largest absolute Gasteiger partial charge is 0.499 e. The van der Waals surface area contributed by atoms with Gasteiger partial charge in [-0.05, 0) is 76.0 Å². The number of amides is 1. The molecule has 0 saturated carbocycles. The van der Waals surface area contributed by atoms with Crippen molar-refractivity contribution >= 4 is 5.91 Å². The minimum atomic E-state index is -1.48. The Morgan fingerprint density at radius 3 is 2.30 bits per heavy atom. The minimum Gasteiger partial charge on any atom is -0.499 e. The second kappa shape index (κ2) is 20.2. The molecule has 2 rings (SSSR count). The lowest BCUT2D eigenvalue weighted by molar-refractivity contribution is -0.285. The Morgan fingerprint density at radius 2 is 1.72 bits per heavy atom. The van der Waals surface area contributed by atoms with Gasteiger partial charge >= 0.3 is 0 Å². The summed E-state index contributed by atoms with van der Waals surface area (Å²) in [5, 5.41) is 55.9. The Labute approximate surface area is 300 Å². The average Bonchev–Trinajstić information content (AvgIpc) is 3.05. The van der Waals surface area contributed by atoms with Gasteiger partial charge in [-0.15, -0.1) is 0 Å². The number of aliphatic hydroxyl groups excluding tert-OH is 4. The van der Waals surface area contributed by atoms with Crippen molar-refractivity contribution in [1.82, 2.24) is 5.32 Å². The van der Waals surface area contributed by atoms with Gasteiger partial charge in [0.25, 0.3) is 0 Å². The molecule has 6 N–H and O–H groups in total. The highest BCUT2D eigenvalue weighted by Crippen LogP contribution is 2.37. The van der Waals surface area contributed by atoms with Crippen molar-refractivity contribution in [2.24, 2.45) is 23.7 Å². The molecule has 0 bridgehead atoms. The molecule has 2 heterocycles. The quantitative estimate of drug-likeness (QED) is 0.0710. The van der Waals surface area contributed by atoms with Crippen molar-refractivity contribution in [3.05, 3.63) is 47.3 Å². The van der Waals surface area contributed by atoms with Crippen molar-refractivity contribution in [3.8, 4) is 0 Å². The van der Waals surface area contributed by atoms with Crippen LogP contribution in [0.1, 0.15) is 101 Å². The monoisotopic (exact) mass is 709 g/mol. The fourth-order valence-corrected chi connectivity index (χ4v) is 6.57. The molecule has 0 aliphatic carbocycles. The maximum atomic E-state index is 11.9. The van der Waals surface area contributed by atoms with E-state index in [1.165, 1.54) is 14.0 Å². The summed E-state index contributed by atoms with van der Waals surface area (Å²) in [4.78, 5) is 11.9. The first-order valence-electron chi connectivity index (χ1n) is 18.3. The number of ether oxygens (including phenoxy) is 4. The maximum absolute atomic E-state index is 11.9. The number of allylic oxidation sites excluding steroid dienone is 3. The lowest BCUT2D eigenvalue weighted by Gasteiger charge is -2.43. The number of aliphatic hydroxyl groups is 5. The zero-order chi connectivity index (χ0) is 37.9. The number of carbonyl (C=O) groups is 1. The molecule has 11 nitrogen and oxygen atoms in total. The van der Waals surface area contributed by atoms with Gasteiger partial charge in [-0.1, -0.05) is 58.9 Å². The number of hydrogen-bond donors (Lipinski definition) is 6. The molecule has 50 heavy (non-hydrogen) atoms. The molecule has 0 aromatic heterocycles. The lowest BCUT2D eigenvalue weighted by Crippen LogP contribution is -2.55. The van der Waals surface area contributed by atoms with Crippen LogP contribution >= 0.6 is 0 Å². The SMILES string of the molecule is CC[C@@]1(O)C[C@H](O)[C@H](C)[C@@H](/C(=C/[C@H](C)[C@@H](O[C@H]2C[C@@H](NC(C)=O)[C@H](O)[C@@H](C)O2)/C(C)=C/CC[C@H](C)[C@@H](O)/C(C)=C/C=C/[C@@H](C)[C@@H](C)O)OC)O1. The normalized spacial score (nSPS) is 33.8. The molecule has 2 fully saturated rings.